The van der Waals surface area contributed by atoms with Gasteiger partial charge in [-0.3, -0.25) is 4.79 Å². The highest BCUT2D eigenvalue weighted by atomic mass is 19.4. The van der Waals surface area contributed by atoms with Crippen LogP contribution in [-0.4, -0.2) is 86.8 Å². The number of pyridine rings is 1. The highest BCUT2D eigenvalue weighted by Crippen LogP contribution is 2.39. The normalized spacial score (nSPS) is 19.9. The summed E-state index contributed by atoms with van der Waals surface area (Å²) in [6.45, 7) is 1.04. The Morgan fingerprint density at radius 1 is 1.10 bits per heavy atom. The van der Waals surface area contributed by atoms with Crippen molar-refractivity contribution >= 4 is 23.3 Å². The predicted octanol–water partition coefficient (Wildman–Crippen LogP) is 2.76. The van der Waals surface area contributed by atoms with Crippen molar-refractivity contribution in [3.05, 3.63) is 35.8 Å². The molecule has 5 rings (SSSR count). The third-order valence-electron chi connectivity index (χ3n) is 6.94. The third-order valence-corrected chi connectivity index (χ3v) is 6.94. The first-order valence-electron chi connectivity index (χ1n) is 12.3. The van der Waals surface area contributed by atoms with Crippen LogP contribution in [0, 0.1) is 0 Å². The molecule has 2 aliphatic rings. The van der Waals surface area contributed by atoms with Gasteiger partial charge in [0.25, 0.3) is 5.91 Å². The summed E-state index contributed by atoms with van der Waals surface area (Å²) in [4.78, 5) is 36.8. The third kappa shape index (κ3) is 5.00. The molecule has 39 heavy (non-hydrogen) atoms. The van der Waals surface area contributed by atoms with Crippen LogP contribution in [0.3, 0.4) is 0 Å². The molecule has 0 aromatic carbocycles. The number of urea groups is 1. The van der Waals surface area contributed by atoms with E-state index in [1.807, 2.05) is 0 Å². The quantitative estimate of drug-likeness (QED) is 0.478. The molecule has 3 N–H and O–H groups in total. The number of halogens is 4. The Hall–Kier alpha value is -4.17. The Morgan fingerprint density at radius 2 is 1.85 bits per heavy atom. The van der Waals surface area contributed by atoms with Crippen LogP contribution in [0.5, 0.6) is 5.88 Å². The number of nitrogens with one attached hydrogen (secondary N) is 1. The number of carbonyl (C=O) groups is 2. The number of aromatic nitrogens is 4. The molecule has 3 amide bonds. The fraction of sp³-hybridized carbons (Fsp3) is 0.458. The monoisotopic (exact) mass is 550 g/mol. The standard InChI is InChI=1S/C24H26F4N8O3/c1-39-22-14(21(37)33-17-11-35(10-16(17)25)23(38)34-5-3-2-4-6-34)7-13(9-30-22)18-8-15(24(26,27)28)19-20(29)31-12-32-36(18)19/h7-9,12,16-17H,2-6,10-11H2,1H3,(H,33,37)(H2,29,31,32). The lowest BCUT2D eigenvalue weighted by atomic mass is 10.1. The number of alkyl halides is 4. The van der Waals surface area contributed by atoms with Crippen molar-refractivity contribution in [2.75, 3.05) is 39.0 Å². The summed E-state index contributed by atoms with van der Waals surface area (Å²) >= 11 is 0. The van der Waals surface area contributed by atoms with Crippen LogP contribution in [0.4, 0.5) is 28.2 Å². The second kappa shape index (κ2) is 10.2. The van der Waals surface area contributed by atoms with Crippen molar-refractivity contribution in [1.82, 2.24) is 34.7 Å². The van der Waals surface area contributed by atoms with E-state index in [2.05, 4.69) is 20.4 Å². The average Bonchev–Trinajstić information content (AvgIpc) is 3.50. The van der Waals surface area contributed by atoms with Crippen LogP contribution in [0.15, 0.2) is 24.7 Å². The van der Waals surface area contributed by atoms with Gasteiger partial charge in [-0.2, -0.15) is 18.3 Å². The SMILES string of the molecule is COc1ncc(-c2cc(C(F)(F)F)c3c(N)ncnn23)cc1C(=O)NC1CN(C(=O)N2CCCCC2)CC1F. The minimum Gasteiger partial charge on any atom is -0.480 e. The minimum atomic E-state index is -4.75. The van der Waals surface area contributed by atoms with E-state index in [1.54, 1.807) is 4.90 Å². The number of hydrogen-bond donors (Lipinski definition) is 2. The lowest BCUT2D eigenvalue weighted by molar-refractivity contribution is -0.136. The second-order valence-corrected chi connectivity index (χ2v) is 9.46. The number of piperidine rings is 1. The number of ether oxygens (including phenoxy) is 1. The Morgan fingerprint density at radius 3 is 2.54 bits per heavy atom. The number of nitrogens with two attached hydrogens (primary N) is 1. The number of fused-ring (bicyclic) bond motifs is 1. The zero-order valence-electron chi connectivity index (χ0n) is 20.9. The summed E-state index contributed by atoms with van der Waals surface area (Å²) in [7, 11) is 1.27. The van der Waals surface area contributed by atoms with Crippen LogP contribution in [0.1, 0.15) is 35.2 Å². The van der Waals surface area contributed by atoms with Gasteiger partial charge < -0.3 is 25.6 Å². The van der Waals surface area contributed by atoms with E-state index in [0.29, 0.717) is 13.1 Å². The van der Waals surface area contributed by atoms with Crippen LogP contribution in [0.25, 0.3) is 16.8 Å². The summed E-state index contributed by atoms with van der Waals surface area (Å²) in [5.74, 6) is -1.24. The first kappa shape index (κ1) is 26.4. The molecule has 0 aliphatic carbocycles. The fourth-order valence-electron chi connectivity index (χ4n) is 5.00. The number of methoxy groups -OCH3 is 1. The van der Waals surface area contributed by atoms with Crippen molar-refractivity contribution < 1.29 is 31.9 Å². The molecule has 0 spiro atoms. The number of nitrogen functional groups attached to an aromatic ring is 1. The maximum Gasteiger partial charge on any atom is 0.418 e. The molecule has 3 aromatic rings. The van der Waals surface area contributed by atoms with E-state index in [0.717, 1.165) is 36.2 Å². The van der Waals surface area contributed by atoms with E-state index in [-0.39, 0.29) is 47.6 Å². The van der Waals surface area contributed by atoms with E-state index < -0.39 is 35.4 Å². The van der Waals surface area contributed by atoms with Crippen LogP contribution >= 0.6 is 0 Å². The number of nitrogens with zero attached hydrogens (tertiary/aromatic N) is 6. The number of likely N-dealkylation sites (tertiary alicyclic amines) is 2. The molecule has 0 radical (unpaired) electrons. The molecule has 3 aromatic heterocycles. The maximum absolute atomic E-state index is 14.9. The molecule has 15 heteroatoms. The van der Waals surface area contributed by atoms with Gasteiger partial charge in [0.05, 0.1) is 31.0 Å². The Labute approximate surface area is 219 Å². The van der Waals surface area contributed by atoms with E-state index >= 15 is 0 Å². The zero-order valence-corrected chi connectivity index (χ0v) is 20.9. The molecule has 0 bridgehead atoms. The van der Waals surface area contributed by atoms with Gasteiger partial charge in [-0.05, 0) is 31.4 Å². The number of hydrogen-bond acceptors (Lipinski definition) is 7. The first-order valence-corrected chi connectivity index (χ1v) is 12.3. The second-order valence-electron chi connectivity index (χ2n) is 9.46. The Bertz CT molecular complexity index is 1410. The number of amides is 3. The molecule has 2 saturated heterocycles. The van der Waals surface area contributed by atoms with E-state index in [4.69, 9.17) is 10.5 Å². The lowest BCUT2D eigenvalue weighted by Crippen LogP contribution is -2.46. The first-order chi connectivity index (χ1) is 18.6. The molecule has 5 heterocycles. The molecule has 208 valence electrons. The van der Waals surface area contributed by atoms with Crippen LogP contribution in [-0.2, 0) is 6.18 Å². The van der Waals surface area contributed by atoms with Gasteiger partial charge in [-0.15, -0.1) is 0 Å². The topological polar surface area (TPSA) is 131 Å². The summed E-state index contributed by atoms with van der Waals surface area (Å²) in [6, 6.07) is 0.861. The van der Waals surface area contributed by atoms with Gasteiger partial charge in [-0.1, -0.05) is 0 Å². The van der Waals surface area contributed by atoms with E-state index in [1.165, 1.54) is 24.3 Å². The lowest BCUT2D eigenvalue weighted by Gasteiger charge is -2.30. The minimum absolute atomic E-state index is 0.0217. The molecule has 2 unspecified atom stereocenters. The molecule has 11 nitrogen and oxygen atoms in total. The van der Waals surface area contributed by atoms with Crippen LogP contribution in [0.2, 0.25) is 0 Å². The predicted molar refractivity (Wildman–Crippen MR) is 131 cm³/mol. The van der Waals surface area contributed by atoms with Gasteiger partial charge in [0.2, 0.25) is 5.88 Å². The van der Waals surface area contributed by atoms with Gasteiger partial charge in [0.15, 0.2) is 5.82 Å². The summed E-state index contributed by atoms with van der Waals surface area (Å²) in [5, 5.41) is 6.48. The van der Waals surface area contributed by atoms with Gasteiger partial charge in [0, 0.05) is 31.4 Å². The van der Waals surface area contributed by atoms with E-state index in [9.17, 15) is 27.2 Å². The largest absolute Gasteiger partial charge is 0.480 e. The average molecular weight is 551 g/mol. The molecule has 2 atom stereocenters. The fourth-order valence-corrected chi connectivity index (χ4v) is 5.00. The van der Waals surface area contributed by atoms with Gasteiger partial charge in [-0.25, -0.2) is 23.7 Å². The van der Waals surface area contributed by atoms with Gasteiger partial charge in [0.1, 0.15) is 23.6 Å². The summed E-state index contributed by atoms with van der Waals surface area (Å²) < 4.78 is 62.2. The molecule has 0 saturated carbocycles. The molecular weight excluding hydrogens is 524 g/mol. The zero-order chi connectivity index (χ0) is 27.9. The Balaban J connectivity index is 1.42. The highest BCUT2D eigenvalue weighted by molar-refractivity contribution is 5.98. The summed E-state index contributed by atoms with van der Waals surface area (Å²) in [5.41, 5.74) is 4.15. The number of rotatable bonds is 4. The van der Waals surface area contributed by atoms with Crippen molar-refractivity contribution in [3.8, 4) is 17.1 Å². The number of anilines is 1. The van der Waals surface area contributed by atoms with Crippen molar-refractivity contribution in [2.45, 2.75) is 37.7 Å². The van der Waals surface area contributed by atoms with Gasteiger partial charge >= 0.3 is 12.2 Å². The summed E-state index contributed by atoms with van der Waals surface area (Å²) in [6.07, 6.45) is -1.20. The van der Waals surface area contributed by atoms with Crippen molar-refractivity contribution in [1.29, 1.82) is 0 Å². The molecular formula is C24H26F4N8O3. The molecule has 2 aliphatic heterocycles. The highest BCUT2D eigenvalue weighted by Gasteiger charge is 2.39. The maximum atomic E-state index is 14.9. The molecule has 2 fully saturated rings. The number of carbonyl (C=O) groups excluding carboxylic acids is 2. The smallest absolute Gasteiger partial charge is 0.418 e. The van der Waals surface area contributed by atoms with Crippen molar-refractivity contribution in [2.24, 2.45) is 0 Å². The Kier molecular flexibility index (Phi) is 6.91. The van der Waals surface area contributed by atoms with Crippen molar-refractivity contribution in [3.63, 3.8) is 0 Å². The van der Waals surface area contributed by atoms with Crippen LogP contribution < -0.4 is 15.8 Å².